The van der Waals surface area contributed by atoms with E-state index in [9.17, 15) is 14.7 Å². The maximum atomic E-state index is 11.9. The molecule has 0 saturated heterocycles. The number of hydrogen-bond donors (Lipinski definition) is 3. The summed E-state index contributed by atoms with van der Waals surface area (Å²) in [7, 11) is 0. The maximum Gasteiger partial charge on any atom is 0.331 e. The highest BCUT2D eigenvalue weighted by Gasteiger charge is 2.40. The molecular weight excluding hydrogens is 377 g/mol. The average molecular weight is 394 g/mol. The first-order valence-corrected chi connectivity index (χ1v) is 8.67. The van der Waals surface area contributed by atoms with Gasteiger partial charge in [0.25, 0.3) is 0 Å². The molecule has 26 heavy (non-hydrogen) atoms. The highest BCUT2D eigenvalue weighted by atomic mass is 35.5. The summed E-state index contributed by atoms with van der Waals surface area (Å²) in [5.41, 5.74) is 10.8. The number of carbonyl (C=O) groups excluding carboxylic acids is 1. The highest BCUT2D eigenvalue weighted by Crippen LogP contribution is 2.46. The van der Waals surface area contributed by atoms with Crippen LogP contribution in [0.5, 0.6) is 0 Å². The van der Waals surface area contributed by atoms with E-state index >= 15 is 0 Å². The number of carboxylic acids is 1. The van der Waals surface area contributed by atoms with Gasteiger partial charge in [-0.15, -0.1) is 0 Å². The molecule has 6 nitrogen and oxygen atoms in total. The second kappa shape index (κ2) is 7.05. The normalized spacial score (nSPS) is 19.0. The van der Waals surface area contributed by atoms with Gasteiger partial charge in [-0.25, -0.2) is 15.0 Å². The first kappa shape index (κ1) is 18.4. The van der Waals surface area contributed by atoms with E-state index in [2.05, 4.69) is 5.43 Å². The molecule has 0 spiro atoms. The van der Waals surface area contributed by atoms with Crippen LogP contribution in [0.4, 0.5) is 10.5 Å². The largest absolute Gasteiger partial charge is 0.480 e. The first-order valence-electron chi connectivity index (χ1n) is 7.92. The van der Waals surface area contributed by atoms with Crippen LogP contribution in [-0.2, 0) is 4.79 Å². The lowest BCUT2D eigenvalue weighted by Gasteiger charge is -2.40. The minimum absolute atomic E-state index is 0.217. The Morgan fingerprint density at radius 3 is 2.58 bits per heavy atom. The van der Waals surface area contributed by atoms with Crippen molar-refractivity contribution in [2.75, 3.05) is 5.01 Å². The van der Waals surface area contributed by atoms with E-state index < -0.39 is 18.0 Å². The third kappa shape index (κ3) is 3.30. The molecule has 1 heterocycles. The molecule has 2 amide bonds. The van der Waals surface area contributed by atoms with Crippen LogP contribution >= 0.6 is 23.2 Å². The third-order valence-corrected chi connectivity index (χ3v) is 5.06. The molecule has 2 aromatic rings. The molecule has 4 N–H and O–H groups in total. The Morgan fingerprint density at radius 2 is 1.96 bits per heavy atom. The molecule has 0 fully saturated rings. The van der Waals surface area contributed by atoms with Gasteiger partial charge in [0.15, 0.2) is 0 Å². The number of primary amides is 1. The Bertz CT molecular complexity index is 888. The summed E-state index contributed by atoms with van der Waals surface area (Å²) in [6.07, 6.45) is 0.217. The molecule has 0 aliphatic carbocycles. The molecule has 8 heteroatoms. The van der Waals surface area contributed by atoms with Crippen molar-refractivity contribution in [3.8, 4) is 0 Å². The van der Waals surface area contributed by atoms with Crippen molar-refractivity contribution in [3.63, 3.8) is 0 Å². The van der Waals surface area contributed by atoms with E-state index in [-0.39, 0.29) is 12.3 Å². The third-order valence-electron chi connectivity index (χ3n) is 4.53. The number of hydrogen-bond acceptors (Lipinski definition) is 3. The molecule has 1 aliphatic rings. The van der Waals surface area contributed by atoms with E-state index in [4.69, 9.17) is 28.9 Å². The topological polar surface area (TPSA) is 95.7 Å². The molecule has 1 aliphatic heterocycles. The number of anilines is 1. The van der Waals surface area contributed by atoms with Crippen LogP contribution in [-0.4, -0.2) is 23.1 Å². The van der Waals surface area contributed by atoms with Crippen LogP contribution < -0.4 is 16.2 Å². The summed E-state index contributed by atoms with van der Waals surface area (Å²) in [4.78, 5) is 23.3. The quantitative estimate of drug-likeness (QED) is 0.740. The lowest BCUT2D eigenvalue weighted by molar-refractivity contribution is -0.139. The Hall–Kier alpha value is -2.44. The van der Waals surface area contributed by atoms with Gasteiger partial charge >= 0.3 is 12.0 Å². The van der Waals surface area contributed by atoms with Crippen LogP contribution in [0.25, 0.3) is 0 Å². The van der Waals surface area contributed by atoms with E-state index in [0.717, 1.165) is 11.1 Å². The predicted molar refractivity (Wildman–Crippen MR) is 101 cm³/mol. The van der Waals surface area contributed by atoms with E-state index in [0.29, 0.717) is 21.3 Å². The second-order valence-electron chi connectivity index (χ2n) is 6.17. The van der Waals surface area contributed by atoms with Gasteiger partial charge in [-0.05, 0) is 36.6 Å². The minimum atomic E-state index is -1.08. The van der Waals surface area contributed by atoms with Crippen molar-refractivity contribution in [2.24, 2.45) is 5.73 Å². The van der Waals surface area contributed by atoms with Crippen LogP contribution in [0.1, 0.15) is 29.0 Å². The zero-order valence-electron chi connectivity index (χ0n) is 13.9. The molecule has 2 aromatic carbocycles. The van der Waals surface area contributed by atoms with Gasteiger partial charge in [0.05, 0.1) is 5.69 Å². The Balaban J connectivity index is 2.25. The number of amides is 2. The molecule has 0 bridgehead atoms. The molecule has 0 radical (unpaired) electrons. The number of hydrazine groups is 1. The van der Waals surface area contributed by atoms with Gasteiger partial charge < -0.3 is 10.8 Å². The fraction of sp³-hybridized carbons (Fsp3) is 0.222. The smallest absolute Gasteiger partial charge is 0.331 e. The number of nitrogens with zero attached hydrogens (tertiary/aromatic N) is 1. The standard InChI is InChI=1S/C18H17Cl2N3O3/c1-9-4-2-3-5-11(9)12-8-15(17(24)25)23(22-18(21)26)14-7-10(19)6-13(20)16(12)14/h2-7,12,15H,8H2,1H3,(H,24,25)(H3,21,22,26)/t12-,15-/m1/s1. The molecule has 136 valence electrons. The van der Waals surface area contributed by atoms with Gasteiger partial charge in [0, 0.05) is 21.5 Å². The number of aryl methyl sites for hydroxylation is 1. The van der Waals surface area contributed by atoms with Gasteiger partial charge in [0.1, 0.15) is 6.04 Å². The van der Waals surface area contributed by atoms with Crippen molar-refractivity contribution in [2.45, 2.75) is 25.3 Å². The summed E-state index contributed by atoms with van der Waals surface area (Å²) >= 11 is 12.6. The first-order chi connectivity index (χ1) is 12.3. The van der Waals surface area contributed by atoms with E-state index in [1.54, 1.807) is 12.1 Å². The fourth-order valence-corrected chi connectivity index (χ4v) is 4.07. The van der Waals surface area contributed by atoms with Crippen molar-refractivity contribution in [1.82, 2.24) is 5.43 Å². The minimum Gasteiger partial charge on any atom is -0.480 e. The summed E-state index contributed by atoms with van der Waals surface area (Å²) in [5.74, 6) is -1.35. The summed E-state index contributed by atoms with van der Waals surface area (Å²) < 4.78 is 0. The number of benzene rings is 2. The molecule has 2 atom stereocenters. The number of carbonyl (C=O) groups is 2. The SMILES string of the molecule is Cc1ccccc1[C@H]1C[C@H](C(=O)O)N(NC(N)=O)c2cc(Cl)cc(Cl)c21. The zero-order chi connectivity index (χ0) is 19.0. The van der Waals surface area contributed by atoms with Crippen LogP contribution in [0.15, 0.2) is 36.4 Å². The maximum absolute atomic E-state index is 11.9. The monoisotopic (exact) mass is 393 g/mol. The lowest BCUT2D eigenvalue weighted by Crippen LogP contribution is -2.56. The Morgan fingerprint density at radius 1 is 1.27 bits per heavy atom. The number of carboxylic acid groups (broad SMARTS) is 1. The van der Waals surface area contributed by atoms with Crippen molar-refractivity contribution in [3.05, 3.63) is 63.1 Å². The number of nitrogens with one attached hydrogen (secondary N) is 1. The van der Waals surface area contributed by atoms with Gasteiger partial charge in [-0.2, -0.15) is 0 Å². The summed E-state index contributed by atoms with van der Waals surface area (Å²) in [6, 6.07) is 9.03. The molecule has 3 rings (SSSR count). The number of rotatable bonds is 3. The number of fused-ring (bicyclic) bond motifs is 1. The second-order valence-corrected chi connectivity index (χ2v) is 7.01. The van der Waals surface area contributed by atoms with E-state index in [1.165, 1.54) is 5.01 Å². The van der Waals surface area contributed by atoms with Crippen LogP contribution in [0.2, 0.25) is 10.0 Å². The van der Waals surface area contributed by atoms with Crippen molar-refractivity contribution < 1.29 is 14.7 Å². The number of nitrogens with two attached hydrogens (primary N) is 1. The van der Waals surface area contributed by atoms with Crippen LogP contribution in [0, 0.1) is 6.92 Å². The fourth-order valence-electron chi connectivity index (χ4n) is 3.46. The lowest BCUT2D eigenvalue weighted by atomic mass is 9.80. The number of urea groups is 1. The number of aliphatic carboxylic acids is 1. The molecule has 0 unspecified atom stereocenters. The Kier molecular flexibility index (Phi) is 4.98. The van der Waals surface area contributed by atoms with Crippen LogP contribution in [0.3, 0.4) is 0 Å². The van der Waals surface area contributed by atoms with E-state index in [1.807, 2.05) is 31.2 Å². The summed E-state index contributed by atoms with van der Waals surface area (Å²) in [5, 5.41) is 11.7. The van der Waals surface area contributed by atoms with Gasteiger partial charge in [-0.3, -0.25) is 5.01 Å². The molecule has 0 saturated carbocycles. The average Bonchev–Trinajstić information content (AvgIpc) is 2.55. The van der Waals surface area contributed by atoms with Crippen molar-refractivity contribution in [1.29, 1.82) is 0 Å². The van der Waals surface area contributed by atoms with Crippen molar-refractivity contribution >= 4 is 40.9 Å². The van der Waals surface area contributed by atoms with Gasteiger partial charge in [0.2, 0.25) is 0 Å². The van der Waals surface area contributed by atoms with Gasteiger partial charge in [-0.1, -0.05) is 47.5 Å². The predicted octanol–water partition coefficient (Wildman–Crippen LogP) is 3.68. The molecule has 0 aromatic heterocycles. The Labute approximate surface area is 160 Å². The zero-order valence-corrected chi connectivity index (χ0v) is 15.4. The molecular formula is C18H17Cl2N3O3. The summed E-state index contributed by atoms with van der Waals surface area (Å²) in [6.45, 7) is 1.96. The highest BCUT2D eigenvalue weighted by molar-refractivity contribution is 6.35. The number of halogens is 2.